The van der Waals surface area contributed by atoms with E-state index in [2.05, 4.69) is 62.4 Å². The zero-order valence-electron chi connectivity index (χ0n) is 11.8. The minimum atomic E-state index is 0.521. The second kappa shape index (κ2) is 6.09. The van der Waals surface area contributed by atoms with Gasteiger partial charge in [0, 0.05) is 29.3 Å². The van der Waals surface area contributed by atoms with Gasteiger partial charge in [0.2, 0.25) is 0 Å². The number of thioether (sulfide) groups is 1. The molecule has 1 heterocycles. The van der Waals surface area contributed by atoms with Crippen LogP contribution >= 0.6 is 11.8 Å². The lowest BCUT2D eigenvalue weighted by molar-refractivity contribution is 0.220. The van der Waals surface area contributed by atoms with E-state index in [4.69, 9.17) is 0 Å². The molecule has 0 spiro atoms. The van der Waals surface area contributed by atoms with Crippen LogP contribution in [0.15, 0.2) is 29.2 Å². The molecule has 1 aliphatic rings. The van der Waals surface area contributed by atoms with E-state index in [0.717, 1.165) is 12.3 Å². The van der Waals surface area contributed by atoms with Crippen molar-refractivity contribution in [3.8, 4) is 0 Å². The summed E-state index contributed by atoms with van der Waals surface area (Å²) in [6, 6.07) is 9.88. The van der Waals surface area contributed by atoms with Gasteiger partial charge in [-0.25, -0.2) is 0 Å². The Morgan fingerprint density at radius 1 is 1.33 bits per heavy atom. The van der Waals surface area contributed by atoms with Crippen molar-refractivity contribution in [2.24, 2.45) is 5.92 Å². The Hall–Kier alpha value is -0.510. The molecule has 3 heteroatoms. The molecule has 2 nitrogen and oxygen atoms in total. The third kappa shape index (κ3) is 3.08. The van der Waals surface area contributed by atoms with E-state index in [9.17, 15) is 0 Å². The van der Waals surface area contributed by atoms with Crippen molar-refractivity contribution in [1.82, 2.24) is 10.2 Å². The van der Waals surface area contributed by atoms with E-state index in [0.29, 0.717) is 18.0 Å². The Morgan fingerprint density at radius 2 is 2.06 bits per heavy atom. The molecule has 0 aromatic heterocycles. The lowest BCUT2D eigenvalue weighted by Gasteiger charge is -2.29. The summed E-state index contributed by atoms with van der Waals surface area (Å²) in [4.78, 5) is 3.77. The first-order valence-electron chi connectivity index (χ1n) is 6.71. The van der Waals surface area contributed by atoms with Gasteiger partial charge in [0.15, 0.2) is 0 Å². The van der Waals surface area contributed by atoms with Crippen LogP contribution in [0.1, 0.15) is 25.5 Å². The highest BCUT2D eigenvalue weighted by atomic mass is 32.2. The molecule has 18 heavy (non-hydrogen) atoms. The van der Waals surface area contributed by atoms with E-state index in [1.807, 2.05) is 11.8 Å². The molecule has 0 saturated carbocycles. The van der Waals surface area contributed by atoms with Gasteiger partial charge in [-0.3, -0.25) is 0 Å². The maximum atomic E-state index is 3.74. The van der Waals surface area contributed by atoms with Crippen molar-refractivity contribution in [3.63, 3.8) is 0 Å². The van der Waals surface area contributed by atoms with Gasteiger partial charge < -0.3 is 10.2 Å². The Morgan fingerprint density at radius 3 is 2.72 bits per heavy atom. The molecule has 1 aromatic carbocycles. The van der Waals surface area contributed by atoms with E-state index in [1.54, 1.807) is 0 Å². The second-order valence-electron chi connectivity index (χ2n) is 5.58. The van der Waals surface area contributed by atoms with E-state index in [1.165, 1.54) is 10.5 Å². The summed E-state index contributed by atoms with van der Waals surface area (Å²) in [5.41, 5.74) is 1.48. The molecule has 1 aliphatic heterocycles. The number of hydrogen-bond donors (Lipinski definition) is 1. The lowest BCUT2D eigenvalue weighted by Crippen LogP contribution is -2.42. The minimum absolute atomic E-state index is 0.521. The number of nitrogens with zero attached hydrogens (tertiary/aromatic N) is 1. The Labute approximate surface area is 115 Å². The predicted molar refractivity (Wildman–Crippen MR) is 80.2 cm³/mol. The van der Waals surface area contributed by atoms with Gasteiger partial charge >= 0.3 is 0 Å². The van der Waals surface area contributed by atoms with Gasteiger partial charge in [-0.2, -0.15) is 0 Å². The zero-order chi connectivity index (χ0) is 13.1. The molecule has 0 amide bonds. The molecule has 0 fully saturated rings. The largest absolute Gasteiger partial charge is 0.308 e. The van der Waals surface area contributed by atoms with Gasteiger partial charge in [-0.1, -0.05) is 32.0 Å². The first-order valence-corrected chi connectivity index (χ1v) is 7.69. The summed E-state index contributed by atoms with van der Waals surface area (Å²) >= 11 is 1.97. The molecule has 0 bridgehead atoms. The molecular weight excluding hydrogens is 240 g/mol. The fourth-order valence-corrected chi connectivity index (χ4v) is 3.80. The molecule has 1 N–H and O–H groups in total. The van der Waals surface area contributed by atoms with E-state index >= 15 is 0 Å². The van der Waals surface area contributed by atoms with E-state index in [-0.39, 0.29) is 0 Å². The highest BCUT2D eigenvalue weighted by Gasteiger charge is 2.24. The molecule has 0 saturated heterocycles. The smallest absolute Gasteiger partial charge is 0.0427 e. The molecule has 2 unspecified atom stereocenters. The highest BCUT2D eigenvalue weighted by molar-refractivity contribution is 7.99. The first-order chi connectivity index (χ1) is 8.59. The third-order valence-corrected chi connectivity index (χ3v) is 4.89. The average Bonchev–Trinajstić information content (AvgIpc) is 2.72. The molecule has 2 atom stereocenters. The van der Waals surface area contributed by atoms with Crippen LogP contribution in [0, 0.1) is 5.92 Å². The molecule has 0 radical (unpaired) electrons. The summed E-state index contributed by atoms with van der Waals surface area (Å²) in [5.74, 6) is 1.84. The number of likely N-dealkylation sites (N-methyl/N-ethyl adjacent to an activating group) is 1. The van der Waals surface area contributed by atoms with Crippen molar-refractivity contribution in [2.75, 3.05) is 26.4 Å². The van der Waals surface area contributed by atoms with Crippen LogP contribution < -0.4 is 5.32 Å². The van der Waals surface area contributed by atoms with Crippen molar-refractivity contribution < 1.29 is 0 Å². The van der Waals surface area contributed by atoms with Gasteiger partial charge in [0.1, 0.15) is 0 Å². The van der Waals surface area contributed by atoms with Gasteiger partial charge in [0.25, 0.3) is 0 Å². The van der Waals surface area contributed by atoms with Crippen molar-refractivity contribution >= 4 is 11.8 Å². The Kier molecular flexibility index (Phi) is 4.71. The van der Waals surface area contributed by atoms with Crippen molar-refractivity contribution in [3.05, 3.63) is 29.8 Å². The molecule has 1 aromatic rings. The fourth-order valence-electron chi connectivity index (χ4n) is 2.61. The monoisotopic (exact) mass is 264 g/mol. The third-order valence-electron chi connectivity index (χ3n) is 3.71. The summed E-state index contributed by atoms with van der Waals surface area (Å²) in [7, 11) is 4.34. The normalized spacial score (nSPS) is 20.4. The average molecular weight is 264 g/mol. The SMILES string of the molecule is CC(C)C(CNC1CSc2ccccc21)N(C)C. The van der Waals surface area contributed by atoms with Gasteiger partial charge in [-0.05, 0) is 31.6 Å². The first kappa shape index (κ1) is 13.9. The second-order valence-corrected chi connectivity index (χ2v) is 6.65. The standard InChI is InChI=1S/C15H24N2S/c1-11(2)14(17(3)4)9-16-13-10-18-15-8-6-5-7-12(13)15/h5-8,11,13-14,16H,9-10H2,1-4H3. The van der Waals surface area contributed by atoms with Crippen LogP contribution in [0.5, 0.6) is 0 Å². The van der Waals surface area contributed by atoms with Crippen LogP contribution in [0.3, 0.4) is 0 Å². The fraction of sp³-hybridized carbons (Fsp3) is 0.600. The molecule has 100 valence electrons. The number of rotatable bonds is 5. The van der Waals surface area contributed by atoms with Crippen molar-refractivity contribution in [2.45, 2.75) is 30.8 Å². The van der Waals surface area contributed by atoms with Crippen LogP contribution in [0.25, 0.3) is 0 Å². The summed E-state index contributed by atoms with van der Waals surface area (Å²) in [6.07, 6.45) is 0. The van der Waals surface area contributed by atoms with Crippen LogP contribution in [0.2, 0.25) is 0 Å². The zero-order valence-corrected chi connectivity index (χ0v) is 12.6. The lowest BCUT2D eigenvalue weighted by atomic mass is 10.0. The van der Waals surface area contributed by atoms with E-state index < -0.39 is 0 Å². The maximum Gasteiger partial charge on any atom is 0.0427 e. The summed E-state index contributed by atoms with van der Waals surface area (Å²) in [6.45, 7) is 5.65. The van der Waals surface area contributed by atoms with Crippen LogP contribution in [-0.2, 0) is 0 Å². The van der Waals surface area contributed by atoms with Crippen LogP contribution in [-0.4, -0.2) is 37.3 Å². The number of fused-ring (bicyclic) bond motifs is 1. The van der Waals surface area contributed by atoms with Gasteiger partial charge in [-0.15, -0.1) is 11.8 Å². The molecule has 0 aliphatic carbocycles. The number of nitrogens with one attached hydrogen (secondary N) is 1. The highest BCUT2D eigenvalue weighted by Crippen LogP contribution is 2.37. The Balaban J connectivity index is 1.96. The topological polar surface area (TPSA) is 15.3 Å². The quantitative estimate of drug-likeness (QED) is 0.880. The minimum Gasteiger partial charge on any atom is -0.308 e. The molecule has 2 rings (SSSR count). The maximum absolute atomic E-state index is 3.74. The van der Waals surface area contributed by atoms with Crippen LogP contribution in [0.4, 0.5) is 0 Å². The predicted octanol–water partition coefficient (Wildman–Crippen LogP) is 3.01. The number of benzene rings is 1. The summed E-state index contributed by atoms with van der Waals surface area (Å²) < 4.78 is 0. The summed E-state index contributed by atoms with van der Waals surface area (Å²) in [5, 5.41) is 3.74. The number of hydrogen-bond acceptors (Lipinski definition) is 3. The molecular formula is C15H24N2S. The Bertz CT molecular complexity index is 382. The van der Waals surface area contributed by atoms with Gasteiger partial charge in [0.05, 0.1) is 0 Å². The van der Waals surface area contributed by atoms with Crippen molar-refractivity contribution in [1.29, 1.82) is 0 Å².